The standard InChI is InChI=1S/C16H12N2O4/c1-22-16(19)15-14(10-5-3-2-4-6-10)12-9-11(18(20)21)7-8-13(12)17-15/h2-9,17H,1H3. The molecule has 0 unspecified atom stereocenters. The summed E-state index contributed by atoms with van der Waals surface area (Å²) >= 11 is 0. The molecule has 0 aliphatic rings. The van der Waals surface area contributed by atoms with Crippen LogP contribution in [0.15, 0.2) is 48.5 Å². The number of hydrogen-bond acceptors (Lipinski definition) is 4. The van der Waals surface area contributed by atoms with Gasteiger partial charge in [-0.1, -0.05) is 30.3 Å². The first kappa shape index (κ1) is 13.8. The molecule has 0 atom stereocenters. The van der Waals surface area contributed by atoms with Crippen molar-refractivity contribution in [1.82, 2.24) is 4.98 Å². The van der Waals surface area contributed by atoms with Gasteiger partial charge in [0.25, 0.3) is 5.69 Å². The number of ether oxygens (including phenoxy) is 1. The Morgan fingerprint density at radius 2 is 1.91 bits per heavy atom. The largest absolute Gasteiger partial charge is 0.464 e. The zero-order valence-corrected chi connectivity index (χ0v) is 11.7. The Balaban J connectivity index is 2.35. The average Bonchev–Trinajstić information content (AvgIpc) is 2.93. The normalized spacial score (nSPS) is 10.6. The van der Waals surface area contributed by atoms with E-state index in [0.29, 0.717) is 16.5 Å². The highest BCUT2D eigenvalue weighted by molar-refractivity contribution is 6.08. The fourth-order valence-corrected chi connectivity index (χ4v) is 2.45. The van der Waals surface area contributed by atoms with Gasteiger partial charge in [0.2, 0.25) is 0 Å². The first-order chi connectivity index (χ1) is 10.6. The average molecular weight is 296 g/mol. The number of H-pyrrole nitrogens is 1. The third-order valence-corrected chi connectivity index (χ3v) is 3.44. The van der Waals surface area contributed by atoms with Crippen LogP contribution in [0.3, 0.4) is 0 Å². The highest BCUT2D eigenvalue weighted by atomic mass is 16.6. The number of aromatic nitrogens is 1. The number of aromatic amines is 1. The van der Waals surface area contributed by atoms with Gasteiger partial charge in [-0.25, -0.2) is 4.79 Å². The number of non-ortho nitro benzene ring substituents is 1. The molecule has 3 aromatic rings. The van der Waals surface area contributed by atoms with E-state index < -0.39 is 10.9 Å². The Labute approximate surface area is 125 Å². The van der Waals surface area contributed by atoms with Crippen LogP contribution in [0.25, 0.3) is 22.0 Å². The molecule has 3 rings (SSSR count). The summed E-state index contributed by atoms with van der Waals surface area (Å²) in [5, 5.41) is 11.6. The van der Waals surface area contributed by atoms with Crippen LogP contribution in [0, 0.1) is 10.1 Å². The van der Waals surface area contributed by atoms with Gasteiger partial charge in [-0.15, -0.1) is 0 Å². The summed E-state index contributed by atoms with van der Waals surface area (Å²) in [5.74, 6) is -0.516. The summed E-state index contributed by atoms with van der Waals surface area (Å²) in [4.78, 5) is 25.5. The van der Waals surface area contributed by atoms with E-state index in [2.05, 4.69) is 4.98 Å². The predicted octanol–water partition coefficient (Wildman–Crippen LogP) is 3.53. The van der Waals surface area contributed by atoms with Gasteiger partial charge in [-0.3, -0.25) is 10.1 Å². The number of benzene rings is 2. The number of nitro groups is 1. The lowest BCUT2D eigenvalue weighted by Gasteiger charge is -2.03. The number of hydrogen-bond donors (Lipinski definition) is 1. The Morgan fingerprint density at radius 1 is 1.18 bits per heavy atom. The molecule has 1 heterocycles. The van der Waals surface area contributed by atoms with Crippen molar-refractivity contribution in [2.24, 2.45) is 0 Å². The van der Waals surface area contributed by atoms with Crippen molar-refractivity contribution in [3.8, 4) is 11.1 Å². The van der Waals surface area contributed by atoms with E-state index in [0.717, 1.165) is 5.56 Å². The minimum absolute atomic E-state index is 0.0277. The fraction of sp³-hybridized carbons (Fsp3) is 0.0625. The smallest absolute Gasteiger partial charge is 0.355 e. The summed E-state index contributed by atoms with van der Waals surface area (Å²) in [6, 6.07) is 13.7. The molecule has 1 N–H and O–H groups in total. The molecule has 0 saturated heterocycles. The van der Waals surface area contributed by atoms with Gasteiger partial charge >= 0.3 is 5.97 Å². The first-order valence-electron chi connectivity index (χ1n) is 6.55. The van der Waals surface area contributed by atoms with E-state index in [-0.39, 0.29) is 11.4 Å². The van der Waals surface area contributed by atoms with Crippen LogP contribution >= 0.6 is 0 Å². The van der Waals surface area contributed by atoms with Crippen molar-refractivity contribution in [2.45, 2.75) is 0 Å². The molecule has 1 aromatic heterocycles. The van der Waals surface area contributed by atoms with Gasteiger partial charge in [-0.05, 0) is 11.6 Å². The highest BCUT2D eigenvalue weighted by Gasteiger charge is 2.21. The van der Waals surface area contributed by atoms with Gasteiger partial charge in [0.1, 0.15) is 5.69 Å². The van der Waals surface area contributed by atoms with Crippen molar-refractivity contribution in [3.05, 3.63) is 64.3 Å². The van der Waals surface area contributed by atoms with Crippen LogP contribution < -0.4 is 0 Å². The maximum absolute atomic E-state index is 12.0. The molecule has 0 amide bonds. The van der Waals surface area contributed by atoms with Gasteiger partial charge in [-0.2, -0.15) is 0 Å². The van der Waals surface area contributed by atoms with E-state index in [1.165, 1.54) is 19.2 Å². The lowest BCUT2D eigenvalue weighted by atomic mass is 10.0. The topological polar surface area (TPSA) is 85.2 Å². The number of nitrogens with one attached hydrogen (secondary N) is 1. The molecule has 6 heteroatoms. The third kappa shape index (κ3) is 2.20. The Morgan fingerprint density at radius 3 is 2.55 bits per heavy atom. The lowest BCUT2D eigenvalue weighted by molar-refractivity contribution is -0.384. The van der Waals surface area contributed by atoms with Crippen molar-refractivity contribution < 1.29 is 14.5 Å². The van der Waals surface area contributed by atoms with Crippen LogP contribution in [0.4, 0.5) is 5.69 Å². The number of carbonyl (C=O) groups excluding carboxylic acids is 1. The molecule has 22 heavy (non-hydrogen) atoms. The van der Waals surface area contributed by atoms with E-state index in [4.69, 9.17) is 4.74 Å². The number of esters is 1. The summed E-state index contributed by atoms with van der Waals surface area (Å²) in [7, 11) is 1.30. The van der Waals surface area contributed by atoms with Crippen LogP contribution in [-0.4, -0.2) is 23.0 Å². The molecule has 0 saturated carbocycles. The third-order valence-electron chi connectivity index (χ3n) is 3.44. The number of nitrogens with zero attached hydrogens (tertiary/aromatic N) is 1. The number of nitro benzene ring substituents is 1. The second-order valence-electron chi connectivity index (χ2n) is 4.72. The second kappa shape index (κ2) is 5.33. The molecule has 110 valence electrons. The van der Waals surface area contributed by atoms with Crippen molar-refractivity contribution in [2.75, 3.05) is 7.11 Å². The van der Waals surface area contributed by atoms with Gasteiger partial charge in [0, 0.05) is 28.6 Å². The van der Waals surface area contributed by atoms with Crippen molar-refractivity contribution in [3.63, 3.8) is 0 Å². The van der Waals surface area contributed by atoms with E-state index in [1.807, 2.05) is 30.3 Å². The Kier molecular flexibility index (Phi) is 3.34. The molecule has 0 aliphatic heterocycles. The van der Waals surface area contributed by atoms with Gasteiger partial charge < -0.3 is 9.72 Å². The zero-order valence-electron chi connectivity index (χ0n) is 11.7. The minimum atomic E-state index is -0.516. The number of rotatable bonds is 3. The number of carbonyl (C=O) groups is 1. The maximum atomic E-state index is 12.0. The van der Waals surface area contributed by atoms with Crippen LogP contribution in [0.2, 0.25) is 0 Å². The Hall–Kier alpha value is -3.15. The molecule has 0 spiro atoms. The monoisotopic (exact) mass is 296 g/mol. The summed E-state index contributed by atoms with van der Waals surface area (Å²) in [6.45, 7) is 0. The second-order valence-corrected chi connectivity index (χ2v) is 4.72. The number of methoxy groups -OCH3 is 1. The molecule has 0 bridgehead atoms. The summed E-state index contributed by atoms with van der Waals surface area (Å²) < 4.78 is 4.80. The van der Waals surface area contributed by atoms with E-state index in [9.17, 15) is 14.9 Å². The van der Waals surface area contributed by atoms with Crippen molar-refractivity contribution >= 4 is 22.6 Å². The zero-order chi connectivity index (χ0) is 15.7. The van der Waals surface area contributed by atoms with Crippen LogP contribution in [-0.2, 0) is 4.74 Å². The number of fused-ring (bicyclic) bond motifs is 1. The molecule has 0 radical (unpaired) electrons. The quantitative estimate of drug-likeness (QED) is 0.455. The van der Waals surface area contributed by atoms with Gasteiger partial charge in [0.15, 0.2) is 0 Å². The molecular weight excluding hydrogens is 284 g/mol. The van der Waals surface area contributed by atoms with Crippen molar-refractivity contribution in [1.29, 1.82) is 0 Å². The molecule has 0 aliphatic carbocycles. The first-order valence-corrected chi connectivity index (χ1v) is 6.55. The fourth-order valence-electron chi connectivity index (χ4n) is 2.45. The molecule has 6 nitrogen and oxygen atoms in total. The van der Waals surface area contributed by atoms with Crippen LogP contribution in [0.5, 0.6) is 0 Å². The summed E-state index contributed by atoms with van der Waals surface area (Å²) in [6.07, 6.45) is 0. The predicted molar refractivity (Wildman–Crippen MR) is 81.7 cm³/mol. The molecule has 0 fully saturated rings. The molecule has 2 aromatic carbocycles. The highest BCUT2D eigenvalue weighted by Crippen LogP contribution is 2.34. The van der Waals surface area contributed by atoms with Crippen LogP contribution in [0.1, 0.15) is 10.5 Å². The van der Waals surface area contributed by atoms with E-state index in [1.54, 1.807) is 6.07 Å². The van der Waals surface area contributed by atoms with Gasteiger partial charge in [0.05, 0.1) is 12.0 Å². The minimum Gasteiger partial charge on any atom is -0.464 e. The maximum Gasteiger partial charge on any atom is 0.355 e. The summed E-state index contributed by atoms with van der Waals surface area (Å²) in [5.41, 5.74) is 2.29. The lowest BCUT2D eigenvalue weighted by Crippen LogP contribution is -2.03. The SMILES string of the molecule is COC(=O)c1[nH]c2ccc([N+](=O)[O-])cc2c1-c1ccccc1. The Bertz CT molecular complexity index is 868. The molecular formula is C16H12N2O4. The van der Waals surface area contributed by atoms with E-state index >= 15 is 0 Å².